The summed E-state index contributed by atoms with van der Waals surface area (Å²) < 4.78 is 2.66. The Kier molecular flexibility index (Phi) is 5.19. The Bertz CT molecular complexity index is 1040. The number of aromatic nitrogens is 2. The van der Waals surface area contributed by atoms with E-state index in [0.29, 0.717) is 29.6 Å². The second-order valence-corrected chi connectivity index (χ2v) is 10.3. The fourth-order valence-electron chi connectivity index (χ4n) is 4.55. The van der Waals surface area contributed by atoms with Gasteiger partial charge in [-0.3, -0.25) is 9.69 Å². The van der Waals surface area contributed by atoms with Crippen molar-refractivity contribution in [3.05, 3.63) is 44.4 Å². The van der Waals surface area contributed by atoms with Crippen molar-refractivity contribution in [3.8, 4) is 10.6 Å². The summed E-state index contributed by atoms with van der Waals surface area (Å²) in [5, 5.41) is 5.51. The van der Waals surface area contributed by atoms with Crippen LogP contribution in [0, 0.1) is 5.92 Å². The number of rotatable bonds is 4. The third-order valence-electron chi connectivity index (χ3n) is 6.01. The number of Topliss-reactive ketones (excluding diaryl/α,β-unsaturated/α-hetero) is 1. The molecule has 2 aromatic heterocycles. The number of hydrogen-bond donors (Lipinski definition) is 0. The van der Waals surface area contributed by atoms with Crippen LogP contribution in [-0.2, 0) is 6.42 Å². The van der Waals surface area contributed by atoms with Crippen LogP contribution < -0.4 is 0 Å². The molecular weight excluding hydrogens is 425 g/mol. The number of hydrogen-bond acceptors (Lipinski definition) is 4. The predicted octanol–water partition coefficient (Wildman–Crippen LogP) is 5.84. The van der Waals surface area contributed by atoms with Crippen molar-refractivity contribution in [2.75, 3.05) is 19.6 Å². The van der Waals surface area contributed by atoms with E-state index in [1.165, 1.54) is 24.8 Å². The number of thiophene rings is 1. The summed E-state index contributed by atoms with van der Waals surface area (Å²) in [7, 11) is 0. The first-order valence-electron chi connectivity index (χ1n) is 10.3. The van der Waals surface area contributed by atoms with Gasteiger partial charge in [-0.2, -0.15) is 5.10 Å². The molecule has 0 amide bonds. The number of nitrogens with zero attached hydrogens (tertiary/aromatic N) is 3. The maximum Gasteiger partial charge on any atom is 0.197 e. The highest BCUT2D eigenvalue weighted by Crippen LogP contribution is 2.47. The lowest BCUT2D eigenvalue weighted by molar-refractivity contribution is 0.0909. The first-order valence-corrected chi connectivity index (χ1v) is 11.8. The lowest BCUT2D eigenvalue weighted by atomic mass is 10.0. The van der Waals surface area contributed by atoms with E-state index in [1.54, 1.807) is 11.3 Å². The Hall–Kier alpha value is -1.40. The molecule has 0 spiro atoms. The van der Waals surface area contributed by atoms with Crippen LogP contribution in [0.15, 0.2) is 23.3 Å². The first-order chi connectivity index (χ1) is 14.0. The minimum Gasteiger partial charge on any atom is -0.296 e. The largest absolute Gasteiger partial charge is 0.296 e. The summed E-state index contributed by atoms with van der Waals surface area (Å²) in [6.45, 7) is 4.58. The number of likely N-dealkylation sites (tertiary alicyclic amines) is 1. The minimum atomic E-state index is 0.105. The molecule has 1 saturated heterocycles. The van der Waals surface area contributed by atoms with Gasteiger partial charge in [0.1, 0.15) is 5.69 Å². The molecule has 1 aliphatic heterocycles. The molecule has 7 heteroatoms. The monoisotopic (exact) mass is 447 g/mol. The van der Waals surface area contributed by atoms with Crippen LogP contribution in [0.4, 0.5) is 0 Å². The average molecular weight is 448 g/mol. The molecule has 4 nitrogen and oxygen atoms in total. The average Bonchev–Trinajstić information content (AvgIpc) is 3.32. The number of fused-ring (bicyclic) bond motifs is 3. The van der Waals surface area contributed by atoms with Crippen molar-refractivity contribution in [2.45, 2.75) is 39.0 Å². The Morgan fingerprint density at radius 2 is 2.07 bits per heavy atom. The Balaban J connectivity index is 1.56. The summed E-state index contributed by atoms with van der Waals surface area (Å²) in [4.78, 5) is 16.6. The highest BCUT2D eigenvalue weighted by molar-refractivity contribution is 7.19. The fraction of sp³-hybridized carbons (Fsp3) is 0.455. The van der Waals surface area contributed by atoms with Crippen LogP contribution in [0.2, 0.25) is 4.34 Å². The topological polar surface area (TPSA) is 38.1 Å². The van der Waals surface area contributed by atoms with E-state index >= 15 is 0 Å². The van der Waals surface area contributed by atoms with Gasteiger partial charge in [-0.25, -0.2) is 4.68 Å². The van der Waals surface area contributed by atoms with Gasteiger partial charge in [-0.15, -0.1) is 11.3 Å². The van der Waals surface area contributed by atoms with Gasteiger partial charge >= 0.3 is 0 Å². The Labute approximate surface area is 184 Å². The van der Waals surface area contributed by atoms with E-state index < -0.39 is 0 Å². The molecule has 2 aromatic rings. The summed E-state index contributed by atoms with van der Waals surface area (Å²) >= 11 is 14.5. The van der Waals surface area contributed by atoms with Crippen LogP contribution in [0.5, 0.6) is 0 Å². The van der Waals surface area contributed by atoms with Crippen LogP contribution in [0.3, 0.4) is 0 Å². The standard InChI is InChI=1S/C22H23Cl2N3OS/c1-13-5-6-17(16(23)9-13)27-21-15(10-14-11-19(24)29-22(14)21)20(25-27)18(28)12-26-7-3-2-4-8-26/h6,9,11,13H,2-5,7-8,10,12H2,1H3. The van der Waals surface area contributed by atoms with Gasteiger partial charge in [0, 0.05) is 12.0 Å². The third-order valence-corrected chi connectivity index (χ3v) is 7.64. The molecule has 0 aromatic carbocycles. The third kappa shape index (κ3) is 3.52. The van der Waals surface area contributed by atoms with E-state index in [2.05, 4.69) is 24.0 Å². The predicted molar refractivity (Wildman–Crippen MR) is 120 cm³/mol. The number of carbonyl (C=O) groups excluding carboxylic acids is 1. The van der Waals surface area contributed by atoms with Crippen molar-refractivity contribution >= 4 is 46.0 Å². The lowest BCUT2D eigenvalue weighted by Crippen LogP contribution is -2.34. The molecule has 0 saturated carbocycles. The summed E-state index contributed by atoms with van der Waals surface area (Å²) in [6.07, 6.45) is 9.41. The number of allylic oxidation sites excluding steroid dienone is 4. The quantitative estimate of drug-likeness (QED) is 0.471. The van der Waals surface area contributed by atoms with Crippen LogP contribution in [0.1, 0.15) is 54.2 Å². The maximum atomic E-state index is 13.2. The smallest absolute Gasteiger partial charge is 0.197 e. The van der Waals surface area contributed by atoms with Crippen LogP contribution in [-0.4, -0.2) is 40.1 Å². The first kappa shape index (κ1) is 19.6. The van der Waals surface area contributed by atoms with Crippen molar-refractivity contribution in [1.82, 2.24) is 14.7 Å². The number of halogens is 2. The SMILES string of the molecule is CC1C=C(Cl)C(n2nc(C(=O)CN3CCCCC3)c3c2-c2sc(Cl)cc2C3)=CC1. The highest BCUT2D eigenvalue weighted by atomic mass is 35.5. The van der Waals surface area contributed by atoms with Gasteiger partial charge in [0.25, 0.3) is 0 Å². The van der Waals surface area contributed by atoms with Crippen LogP contribution in [0.25, 0.3) is 16.3 Å². The Morgan fingerprint density at radius 1 is 1.28 bits per heavy atom. The van der Waals surface area contributed by atoms with Gasteiger partial charge in [0.2, 0.25) is 0 Å². The van der Waals surface area contributed by atoms with Crippen molar-refractivity contribution in [1.29, 1.82) is 0 Å². The van der Waals surface area contributed by atoms with Gasteiger partial charge in [-0.1, -0.05) is 48.7 Å². The van der Waals surface area contributed by atoms with Crippen LogP contribution >= 0.6 is 34.5 Å². The van der Waals surface area contributed by atoms with E-state index in [1.807, 2.05) is 10.7 Å². The molecule has 3 heterocycles. The summed E-state index contributed by atoms with van der Waals surface area (Å²) in [6, 6.07) is 2.01. The number of carbonyl (C=O) groups is 1. The normalized spacial score (nSPS) is 21.6. The minimum absolute atomic E-state index is 0.105. The van der Waals surface area contributed by atoms with Gasteiger partial charge in [-0.05, 0) is 49.9 Å². The summed E-state index contributed by atoms with van der Waals surface area (Å²) in [5.41, 5.74) is 4.66. The molecule has 5 rings (SSSR count). The molecule has 1 unspecified atom stereocenters. The van der Waals surface area contributed by atoms with E-state index in [4.69, 9.17) is 28.3 Å². The molecular formula is C22H23Cl2N3OS. The molecule has 0 N–H and O–H groups in total. The molecule has 0 radical (unpaired) electrons. The molecule has 1 atom stereocenters. The molecule has 29 heavy (non-hydrogen) atoms. The van der Waals surface area contributed by atoms with E-state index in [-0.39, 0.29) is 5.78 Å². The fourth-order valence-corrected chi connectivity index (χ4v) is 6.25. The zero-order chi connectivity index (χ0) is 20.1. The molecule has 0 bridgehead atoms. The van der Waals surface area contributed by atoms with Gasteiger partial charge < -0.3 is 0 Å². The number of ketones is 1. The zero-order valence-electron chi connectivity index (χ0n) is 16.4. The molecule has 3 aliphatic rings. The van der Waals surface area contributed by atoms with E-state index in [9.17, 15) is 4.79 Å². The van der Waals surface area contributed by atoms with Crippen molar-refractivity contribution < 1.29 is 4.79 Å². The highest BCUT2D eigenvalue weighted by Gasteiger charge is 2.34. The Morgan fingerprint density at radius 3 is 2.83 bits per heavy atom. The molecule has 1 fully saturated rings. The lowest BCUT2D eigenvalue weighted by Gasteiger charge is -2.25. The summed E-state index contributed by atoms with van der Waals surface area (Å²) in [5.74, 6) is 0.509. The van der Waals surface area contributed by atoms with E-state index in [0.717, 1.165) is 45.7 Å². The van der Waals surface area contributed by atoms with Gasteiger partial charge in [0.05, 0.1) is 32.2 Å². The molecule has 2 aliphatic carbocycles. The second kappa shape index (κ2) is 7.69. The number of piperidine rings is 1. The molecule has 152 valence electrons. The van der Waals surface area contributed by atoms with Gasteiger partial charge in [0.15, 0.2) is 5.78 Å². The second-order valence-electron chi connectivity index (χ2n) is 8.25. The maximum absolute atomic E-state index is 13.2. The van der Waals surface area contributed by atoms with Crippen molar-refractivity contribution in [3.63, 3.8) is 0 Å². The van der Waals surface area contributed by atoms with Crippen molar-refractivity contribution in [2.24, 2.45) is 5.92 Å². The zero-order valence-corrected chi connectivity index (χ0v) is 18.7.